The van der Waals surface area contributed by atoms with E-state index in [2.05, 4.69) is 14.2 Å². The van der Waals surface area contributed by atoms with E-state index in [0.717, 1.165) is 6.26 Å². The first-order valence-electron chi connectivity index (χ1n) is 7.73. The molecule has 0 aliphatic heterocycles. The van der Waals surface area contributed by atoms with Crippen LogP contribution < -0.4 is 9.44 Å². The molecule has 0 fully saturated rings. The van der Waals surface area contributed by atoms with Gasteiger partial charge in [0.15, 0.2) is 0 Å². The molecular weight excluding hydrogens is 392 g/mol. The van der Waals surface area contributed by atoms with Crippen molar-refractivity contribution < 1.29 is 26.4 Å². The Hall–Kier alpha value is -2.59. The van der Waals surface area contributed by atoms with E-state index in [9.17, 15) is 21.6 Å². The van der Waals surface area contributed by atoms with Crippen LogP contribution in [0.25, 0.3) is 0 Å². The fourth-order valence-corrected chi connectivity index (χ4v) is 4.34. The molecule has 0 aromatic heterocycles. The Labute approximate surface area is 158 Å². The third-order valence-corrected chi connectivity index (χ3v) is 5.79. The van der Waals surface area contributed by atoms with Gasteiger partial charge in [-0.05, 0) is 55.3 Å². The highest BCUT2D eigenvalue weighted by Crippen LogP contribution is 2.25. The van der Waals surface area contributed by atoms with E-state index >= 15 is 0 Å². The van der Waals surface area contributed by atoms with Gasteiger partial charge in [0.05, 0.1) is 29.5 Å². The second-order valence-corrected chi connectivity index (χ2v) is 9.38. The molecule has 0 saturated carbocycles. The van der Waals surface area contributed by atoms with Crippen LogP contribution in [-0.2, 0) is 24.8 Å². The maximum Gasteiger partial charge on any atom is 0.337 e. The Morgan fingerprint density at radius 1 is 0.926 bits per heavy atom. The number of rotatable bonds is 6. The zero-order chi connectivity index (χ0) is 20.4. The average Bonchev–Trinajstić information content (AvgIpc) is 2.55. The largest absolute Gasteiger partial charge is 0.465 e. The van der Waals surface area contributed by atoms with Crippen LogP contribution in [0.15, 0.2) is 41.3 Å². The lowest BCUT2D eigenvalue weighted by molar-refractivity contribution is 0.0600. The van der Waals surface area contributed by atoms with Gasteiger partial charge in [-0.25, -0.2) is 21.6 Å². The lowest BCUT2D eigenvalue weighted by atomic mass is 10.1. The topological polar surface area (TPSA) is 119 Å². The van der Waals surface area contributed by atoms with E-state index in [1.807, 2.05) is 0 Å². The number of ether oxygens (including phenoxy) is 1. The molecule has 0 atom stereocenters. The Kier molecular flexibility index (Phi) is 5.81. The third-order valence-electron chi connectivity index (χ3n) is 3.67. The Morgan fingerprint density at radius 2 is 1.59 bits per heavy atom. The van der Waals surface area contributed by atoms with Crippen molar-refractivity contribution in [2.75, 3.05) is 22.8 Å². The van der Waals surface area contributed by atoms with E-state index in [1.54, 1.807) is 13.8 Å². The first-order chi connectivity index (χ1) is 12.4. The zero-order valence-electron chi connectivity index (χ0n) is 15.2. The maximum atomic E-state index is 12.7. The molecule has 2 N–H and O–H groups in total. The van der Waals surface area contributed by atoms with Crippen molar-refractivity contribution in [3.63, 3.8) is 0 Å². The molecule has 27 heavy (non-hydrogen) atoms. The van der Waals surface area contributed by atoms with Crippen LogP contribution in [0.4, 0.5) is 11.4 Å². The fraction of sp³-hybridized carbons (Fsp3) is 0.235. The summed E-state index contributed by atoms with van der Waals surface area (Å²) < 4.78 is 57.6. The van der Waals surface area contributed by atoms with Crippen LogP contribution in [0.3, 0.4) is 0 Å². The summed E-state index contributed by atoms with van der Waals surface area (Å²) in [5, 5.41) is 0. The molecule has 0 aliphatic rings. The van der Waals surface area contributed by atoms with Crippen molar-refractivity contribution in [3.05, 3.63) is 53.1 Å². The van der Waals surface area contributed by atoms with Crippen LogP contribution in [-0.4, -0.2) is 36.2 Å². The number of nitrogens with one attached hydrogen (secondary N) is 2. The minimum absolute atomic E-state index is 0.0543. The zero-order valence-corrected chi connectivity index (χ0v) is 16.9. The molecule has 0 amide bonds. The number of carbonyl (C=O) groups is 1. The van der Waals surface area contributed by atoms with E-state index in [-0.39, 0.29) is 16.1 Å². The highest BCUT2D eigenvalue weighted by atomic mass is 32.2. The smallest absolute Gasteiger partial charge is 0.337 e. The molecule has 2 aromatic rings. The van der Waals surface area contributed by atoms with Gasteiger partial charge in [0.2, 0.25) is 10.0 Å². The van der Waals surface area contributed by atoms with Crippen LogP contribution in [0.2, 0.25) is 0 Å². The van der Waals surface area contributed by atoms with E-state index in [0.29, 0.717) is 16.8 Å². The molecule has 0 spiro atoms. The molecule has 8 nitrogen and oxygen atoms in total. The number of methoxy groups -OCH3 is 1. The second-order valence-electron chi connectivity index (χ2n) is 5.98. The van der Waals surface area contributed by atoms with Crippen molar-refractivity contribution in [3.8, 4) is 0 Å². The predicted octanol–water partition coefficient (Wildman–Crippen LogP) is 2.26. The standard InChI is InChI=1S/C17H20N2O6S2/c1-11-5-6-13(17(20)25-3)10-16(11)27(23,24)18-14-7-8-15(12(2)9-14)19-26(4,21)22/h5-10,18-19H,1-4H3. The van der Waals surface area contributed by atoms with Gasteiger partial charge in [-0.3, -0.25) is 9.44 Å². The van der Waals surface area contributed by atoms with E-state index < -0.39 is 26.0 Å². The van der Waals surface area contributed by atoms with Crippen LogP contribution in [0.1, 0.15) is 21.5 Å². The maximum absolute atomic E-state index is 12.7. The summed E-state index contributed by atoms with van der Waals surface area (Å²) >= 11 is 0. The summed E-state index contributed by atoms with van der Waals surface area (Å²) in [5.74, 6) is -0.640. The van der Waals surface area contributed by atoms with Crippen LogP contribution in [0.5, 0.6) is 0 Å². The Bertz CT molecular complexity index is 1090. The monoisotopic (exact) mass is 412 g/mol. The molecular formula is C17H20N2O6S2. The molecule has 0 saturated heterocycles. The van der Waals surface area contributed by atoms with Gasteiger partial charge in [0.1, 0.15) is 0 Å². The molecule has 146 valence electrons. The summed E-state index contributed by atoms with van der Waals surface area (Å²) in [4.78, 5) is 11.6. The third kappa shape index (κ3) is 5.20. The van der Waals surface area contributed by atoms with Gasteiger partial charge in [-0.15, -0.1) is 0 Å². The minimum atomic E-state index is -3.97. The number of hydrogen-bond donors (Lipinski definition) is 2. The molecule has 10 heteroatoms. The number of aryl methyl sites for hydroxylation is 2. The normalized spacial score (nSPS) is 11.7. The summed E-state index contributed by atoms with van der Waals surface area (Å²) in [7, 11) is -6.20. The van der Waals surface area contributed by atoms with E-state index in [1.165, 1.54) is 43.5 Å². The van der Waals surface area contributed by atoms with E-state index in [4.69, 9.17) is 0 Å². The van der Waals surface area contributed by atoms with Crippen LogP contribution >= 0.6 is 0 Å². The molecule has 2 aromatic carbocycles. The molecule has 0 aliphatic carbocycles. The number of esters is 1. The number of carbonyl (C=O) groups excluding carboxylic acids is 1. The molecule has 0 bridgehead atoms. The highest BCUT2D eigenvalue weighted by molar-refractivity contribution is 7.92. The number of sulfonamides is 2. The lowest BCUT2D eigenvalue weighted by Gasteiger charge is -2.13. The average molecular weight is 412 g/mol. The first kappa shape index (κ1) is 20.7. The predicted molar refractivity (Wildman–Crippen MR) is 103 cm³/mol. The molecule has 2 rings (SSSR count). The van der Waals surface area contributed by atoms with Crippen LogP contribution in [0, 0.1) is 13.8 Å². The number of benzene rings is 2. The highest BCUT2D eigenvalue weighted by Gasteiger charge is 2.20. The molecule has 0 heterocycles. The van der Waals surface area contributed by atoms with Gasteiger partial charge in [-0.2, -0.15) is 0 Å². The van der Waals surface area contributed by atoms with Crippen molar-refractivity contribution in [2.24, 2.45) is 0 Å². The van der Waals surface area contributed by atoms with Crippen molar-refractivity contribution in [2.45, 2.75) is 18.7 Å². The van der Waals surface area contributed by atoms with Gasteiger partial charge in [-0.1, -0.05) is 6.07 Å². The second kappa shape index (κ2) is 7.57. The Balaban J connectivity index is 2.37. The van der Waals surface area contributed by atoms with Gasteiger partial charge in [0.25, 0.3) is 10.0 Å². The number of anilines is 2. The Morgan fingerprint density at radius 3 is 2.15 bits per heavy atom. The molecule has 0 unspecified atom stereocenters. The summed E-state index contributed by atoms with van der Waals surface area (Å²) in [6.07, 6.45) is 1.03. The molecule has 0 radical (unpaired) electrons. The summed E-state index contributed by atoms with van der Waals surface area (Å²) in [6, 6.07) is 8.66. The van der Waals surface area contributed by atoms with Crippen molar-refractivity contribution >= 4 is 37.4 Å². The summed E-state index contributed by atoms with van der Waals surface area (Å²) in [6.45, 7) is 3.26. The summed E-state index contributed by atoms with van der Waals surface area (Å²) in [5.41, 5.74) is 1.73. The van der Waals surface area contributed by atoms with Gasteiger partial charge < -0.3 is 4.74 Å². The first-order valence-corrected chi connectivity index (χ1v) is 11.1. The quantitative estimate of drug-likeness (QED) is 0.703. The SMILES string of the molecule is COC(=O)c1ccc(C)c(S(=O)(=O)Nc2ccc(NS(C)(=O)=O)c(C)c2)c1. The van der Waals surface area contributed by atoms with Gasteiger partial charge >= 0.3 is 5.97 Å². The van der Waals surface area contributed by atoms with Gasteiger partial charge in [0, 0.05) is 5.69 Å². The van der Waals surface area contributed by atoms with Crippen molar-refractivity contribution in [1.82, 2.24) is 0 Å². The minimum Gasteiger partial charge on any atom is -0.465 e. The lowest BCUT2D eigenvalue weighted by Crippen LogP contribution is -2.16. The van der Waals surface area contributed by atoms with Crippen molar-refractivity contribution in [1.29, 1.82) is 0 Å². The number of hydrogen-bond acceptors (Lipinski definition) is 6. The fourth-order valence-electron chi connectivity index (χ4n) is 2.39.